The lowest BCUT2D eigenvalue weighted by atomic mass is 10.1. The number of nitrogens with zero attached hydrogens (tertiary/aromatic N) is 4. The van der Waals surface area contributed by atoms with Crippen LogP contribution in [0.5, 0.6) is 0 Å². The van der Waals surface area contributed by atoms with Crippen LogP contribution in [0.3, 0.4) is 0 Å². The second-order valence-corrected chi connectivity index (χ2v) is 6.73. The number of carbonyl (C=O) groups excluding carboxylic acids is 1. The Balaban J connectivity index is 1.46. The van der Waals surface area contributed by atoms with E-state index in [1.165, 1.54) is 18.3 Å². The Hall–Kier alpha value is -2.64. The van der Waals surface area contributed by atoms with Crippen LogP contribution in [-0.4, -0.2) is 65.3 Å². The lowest BCUT2D eigenvalue weighted by Crippen LogP contribution is -2.52. The SMILES string of the molecule is O=C(N1CCCC1)N1CCN(c2c(F)cc(-c3cn[nH]c3)cc2F)CC1. The van der Waals surface area contributed by atoms with Crippen molar-refractivity contribution in [1.29, 1.82) is 0 Å². The Morgan fingerprint density at radius 1 is 0.923 bits per heavy atom. The van der Waals surface area contributed by atoms with Gasteiger partial charge in [-0.2, -0.15) is 5.10 Å². The summed E-state index contributed by atoms with van der Waals surface area (Å²) >= 11 is 0. The maximum atomic E-state index is 14.6. The smallest absolute Gasteiger partial charge is 0.320 e. The van der Waals surface area contributed by atoms with Crippen LogP contribution in [-0.2, 0) is 0 Å². The van der Waals surface area contributed by atoms with Crippen LogP contribution in [0.15, 0.2) is 24.5 Å². The molecule has 0 bridgehead atoms. The lowest BCUT2D eigenvalue weighted by Gasteiger charge is -2.38. The fourth-order valence-corrected chi connectivity index (χ4v) is 3.67. The van der Waals surface area contributed by atoms with Crippen molar-refractivity contribution >= 4 is 11.7 Å². The molecule has 26 heavy (non-hydrogen) atoms. The molecule has 1 N–H and O–H groups in total. The number of likely N-dealkylation sites (tertiary alicyclic amines) is 1. The van der Waals surface area contributed by atoms with Gasteiger partial charge in [-0.1, -0.05) is 0 Å². The Morgan fingerprint density at radius 2 is 1.54 bits per heavy atom. The maximum Gasteiger partial charge on any atom is 0.320 e. The minimum Gasteiger partial charge on any atom is -0.363 e. The third-order valence-electron chi connectivity index (χ3n) is 5.09. The van der Waals surface area contributed by atoms with Crippen LogP contribution in [0.2, 0.25) is 0 Å². The predicted octanol–water partition coefficient (Wildman–Crippen LogP) is 2.69. The first kappa shape index (κ1) is 16.8. The molecule has 2 aliphatic rings. The van der Waals surface area contributed by atoms with E-state index in [-0.39, 0.29) is 11.7 Å². The fraction of sp³-hybridized carbons (Fsp3) is 0.444. The third-order valence-corrected chi connectivity index (χ3v) is 5.09. The van der Waals surface area contributed by atoms with Crippen LogP contribution in [0.25, 0.3) is 11.1 Å². The standard InChI is InChI=1S/C18H21F2N5O/c19-15-9-13(14-11-21-22-12-14)10-16(20)17(15)23-5-7-25(8-6-23)18(26)24-3-1-2-4-24/h9-12H,1-8H2,(H,21,22). The topological polar surface area (TPSA) is 55.5 Å². The van der Waals surface area contributed by atoms with Crippen molar-refractivity contribution in [2.24, 2.45) is 0 Å². The van der Waals surface area contributed by atoms with Crippen molar-refractivity contribution in [3.63, 3.8) is 0 Å². The summed E-state index contributed by atoms with van der Waals surface area (Å²) in [4.78, 5) is 17.7. The van der Waals surface area contributed by atoms with Crippen LogP contribution in [0.1, 0.15) is 12.8 Å². The zero-order chi connectivity index (χ0) is 18.1. The second-order valence-electron chi connectivity index (χ2n) is 6.73. The molecule has 8 heteroatoms. The number of aromatic nitrogens is 2. The molecule has 2 aromatic rings. The molecule has 2 saturated heterocycles. The van der Waals surface area contributed by atoms with Gasteiger partial charge in [0.25, 0.3) is 0 Å². The summed E-state index contributed by atoms with van der Waals surface area (Å²) in [6.45, 7) is 3.38. The molecule has 1 aromatic carbocycles. The lowest BCUT2D eigenvalue weighted by molar-refractivity contribution is 0.159. The average molecular weight is 361 g/mol. The third kappa shape index (κ3) is 3.11. The molecule has 6 nitrogen and oxygen atoms in total. The van der Waals surface area contributed by atoms with Gasteiger partial charge in [-0.15, -0.1) is 0 Å². The van der Waals surface area contributed by atoms with E-state index >= 15 is 0 Å². The summed E-state index contributed by atoms with van der Waals surface area (Å²) in [6, 6.07) is 2.69. The van der Waals surface area contributed by atoms with Gasteiger partial charge < -0.3 is 14.7 Å². The minimum atomic E-state index is -0.597. The number of urea groups is 1. The van der Waals surface area contributed by atoms with Crippen molar-refractivity contribution in [2.75, 3.05) is 44.2 Å². The number of nitrogens with one attached hydrogen (secondary N) is 1. The number of aromatic amines is 1. The van der Waals surface area contributed by atoms with Gasteiger partial charge in [0.2, 0.25) is 0 Å². The highest BCUT2D eigenvalue weighted by molar-refractivity contribution is 5.75. The molecule has 2 fully saturated rings. The highest BCUT2D eigenvalue weighted by atomic mass is 19.1. The van der Waals surface area contributed by atoms with Crippen molar-refractivity contribution < 1.29 is 13.6 Å². The van der Waals surface area contributed by atoms with Gasteiger partial charge in [0, 0.05) is 51.0 Å². The van der Waals surface area contributed by atoms with Crippen LogP contribution in [0, 0.1) is 11.6 Å². The summed E-state index contributed by atoms with van der Waals surface area (Å²) in [6.07, 6.45) is 5.21. The van der Waals surface area contributed by atoms with Crippen LogP contribution < -0.4 is 4.90 Å². The van der Waals surface area contributed by atoms with Gasteiger partial charge in [-0.3, -0.25) is 5.10 Å². The Kier molecular flexibility index (Phi) is 4.48. The van der Waals surface area contributed by atoms with Crippen LogP contribution >= 0.6 is 0 Å². The zero-order valence-corrected chi connectivity index (χ0v) is 14.4. The van der Waals surface area contributed by atoms with E-state index in [0.29, 0.717) is 37.3 Å². The van der Waals surface area contributed by atoms with Gasteiger partial charge >= 0.3 is 6.03 Å². The number of hydrogen-bond acceptors (Lipinski definition) is 3. The molecule has 1 aromatic heterocycles. The minimum absolute atomic E-state index is 0.0227. The highest BCUT2D eigenvalue weighted by Gasteiger charge is 2.29. The number of piperazine rings is 1. The molecule has 4 rings (SSSR count). The molecule has 2 amide bonds. The van der Waals surface area contributed by atoms with E-state index in [9.17, 15) is 13.6 Å². The Bertz CT molecular complexity index is 758. The quantitative estimate of drug-likeness (QED) is 0.895. The van der Waals surface area contributed by atoms with E-state index in [0.717, 1.165) is 25.9 Å². The van der Waals surface area contributed by atoms with Gasteiger partial charge in [0.05, 0.1) is 6.20 Å². The van der Waals surface area contributed by atoms with Crippen molar-refractivity contribution in [1.82, 2.24) is 20.0 Å². The molecular formula is C18H21F2N5O. The molecule has 0 radical (unpaired) electrons. The van der Waals surface area contributed by atoms with Gasteiger partial charge in [0.15, 0.2) is 0 Å². The molecule has 0 aliphatic carbocycles. The molecule has 138 valence electrons. The van der Waals surface area contributed by atoms with Crippen molar-refractivity contribution in [2.45, 2.75) is 12.8 Å². The summed E-state index contributed by atoms with van der Waals surface area (Å²) in [5.74, 6) is -1.19. The molecule has 3 heterocycles. The van der Waals surface area contributed by atoms with Gasteiger partial charge in [-0.05, 0) is 30.5 Å². The number of anilines is 1. The summed E-state index contributed by atoms with van der Waals surface area (Å²) in [5.41, 5.74) is 1.06. The zero-order valence-electron chi connectivity index (χ0n) is 14.4. The molecular weight excluding hydrogens is 340 g/mol. The van der Waals surface area contributed by atoms with E-state index in [1.54, 1.807) is 16.0 Å². The van der Waals surface area contributed by atoms with Gasteiger partial charge in [0.1, 0.15) is 17.3 Å². The fourth-order valence-electron chi connectivity index (χ4n) is 3.67. The monoisotopic (exact) mass is 361 g/mol. The first-order valence-electron chi connectivity index (χ1n) is 8.90. The number of rotatable bonds is 2. The predicted molar refractivity (Wildman–Crippen MR) is 93.9 cm³/mol. The Labute approximate surface area is 150 Å². The molecule has 0 unspecified atom stereocenters. The largest absolute Gasteiger partial charge is 0.363 e. The first-order valence-corrected chi connectivity index (χ1v) is 8.90. The Morgan fingerprint density at radius 3 is 2.12 bits per heavy atom. The second kappa shape index (κ2) is 6.93. The average Bonchev–Trinajstić information content (AvgIpc) is 3.35. The van der Waals surface area contributed by atoms with E-state index in [1.807, 2.05) is 4.90 Å². The number of H-pyrrole nitrogens is 1. The van der Waals surface area contributed by atoms with Gasteiger partial charge in [-0.25, -0.2) is 13.6 Å². The van der Waals surface area contributed by atoms with Crippen molar-refractivity contribution in [3.8, 4) is 11.1 Å². The number of benzene rings is 1. The van der Waals surface area contributed by atoms with Crippen LogP contribution in [0.4, 0.5) is 19.3 Å². The molecule has 0 spiro atoms. The van der Waals surface area contributed by atoms with E-state index in [2.05, 4.69) is 10.2 Å². The summed E-state index contributed by atoms with van der Waals surface area (Å²) in [5, 5.41) is 6.44. The van der Waals surface area contributed by atoms with E-state index < -0.39 is 11.6 Å². The van der Waals surface area contributed by atoms with Crippen molar-refractivity contribution in [3.05, 3.63) is 36.2 Å². The maximum absolute atomic E-state index is 14.6. The number of halogens is 2. The molecule has 0 atom stereocenters. The summed E-state index contributed by atoms with van der Waals surface area (Å²) < 4.78 is 29.2. The molecule has 0 saturated carbocycles. The van der Waals surface area contributed by atoms with E-state index in [4.69, 9.17) is 0 Å². The normalized spacial score (nSPS) is 17.8. The number of amides is 2. The summed E-state index contributed by atoms with van der Waals surface area (Å²) in [7, 11) is 0. The molecule has 2 aliphatic heterocycles. The number of carbonyl (C=O) groups is 1. The highest BCUT2D eigenvalue weighted by Crippen LogP contribution is 2.30. The first-order chi connectivity index (χ1) is 12.6. The number of hydrogen-bond donors (Lipinski definition) is 1.